The van der Waals surface area contributed by atoms with Gasteiger partial charge in [0.1, 0.15) is 17.5 Å². The van der Waals surface area contributed by atoms with Crippen LogP contribution >= 0.6 is 11.6 Å². The van der Waals surface area contributed by atoms with Crippen LogP contribution in [0.5, 0.6) is 0 Å². The van der Waals surface area contributed by atoms with E-state index in [0.29, 0.717) is 59.8 Å². The lowest BCUT2D eigenvalue weighted by Crippen LogP contribution is -2.54. The van der Waals surface area contributed by atoms with Gasteiger partial charge in [0.05, 0.1) is 13.2 Å². The van der Waals surface area contributed by atoms with Crippen molar-refractivity contribution in [3.8, 4) is 11.1 Å². The summed E-state index contributed by atoms with van der Waals surface area (Å²) in [5.41, 5.74) is 7.72. The predicted molar refractivity (Wildman–Crippen MR) is 151 cm³/mol. The maximum atomic E-state index is 15.2. The number of nitrogens with zero attached hydrogens (tertiary/aromatic N) is 1. The van der Waals surface area contributed by atoms with Gasteiger partial charge in [-0.2, -0.15) is 0 Å². The van der Waals surface area contributed by atoms with Crippen LogP contribution in [-0.2, 0) is 21.6 Å². The normalized spacial score (nSPS) is 17.2. The molecule has 0 bridgehead atoms. The van der Waals surface area contributed by atoms with E-state index in [0.717, 1.165) is 17.5 Å². The minimum absolute atomic E-state index is 0.148. The van der Waals surface area contributed by atoms with Crippen molar-refractivity contribution in [1.29, 1.82) is 0 Å². The van der Waals surface area contributed by atoms with Gasteiger partial charge in [0.2, 0.25) is 0 Å². The Bertz CT molecular complexity index is 1290. The van der Waals surface area contributed by atoms with Crippen molar-refractivity contribution in [2.24, 2.45) is 5.73 Å². The number of amides is 1. The fourth-order valence-corrected chi connectivity index (χ4v) is 5.46. The molecular weight excluding hydrogens is 519 g/mol. The van der Waals surface area contributed by atoms with E-state index < -0.39 is 17.5 Å². The third-order valence-corrected chi connectivity index (χ3v) is 7.67. The van der Waals surface area contributed by atoms with Crippen LogP contribution in [0.25, 0.3) is 11.1 Å². The van der Waals surface area contributed by atoms with Gasteiger partial charge in [-0.3, -0.25) is 4.79 Å². The summed E-state index contributed by atoms with van der Waals surface area (Å²) in [6.45, 7) is 3.63. The zero-order chi connectivity index (χ0) is 28.0. The van der Waals surface area contributed by atoms with E-state index in [1.807, 2.05) is 19.1 Å². The number of morpholine rings is 1. The monoisotopic (exact) mass is 554 g/mol. The third kappa shape index (κ3) is 6.51. The second-order valence-corrected chi connectivity index (χ2v) is 10.4. The maximum absolute atomic E-state index is 15.2. The summed E-state index contributed by atoms with van der Waals surface area (Å²) in [5, 5.41) is 12.8. The van der Waals surface area contributed by atoms with Gasteiger partial charge in [0, 0.05) is 48.5 Å². The molecule has 39 heavy (non-hydrogen) atoms. The third-order valence-electron chi connectivity index (χ3n) is 7.35. The van der Waals surface area contributed by atoms with Crippen molar-refractivity contribution in [2.75, 3.05) is 33.4 Å². The molecule has 3 aromatic rings. The largest absolute Gasteiger partial charge is 0.385 e. The number of aryl methyl sites for hydroxylation is 1. The average molecular weight is 555 g/mol. The lowest BCUT2D eigenvalue weighted by Gasteiger charge is -2.43. The number of ether oxygens (including phenoxy) is 2. The minimum Gasteiger partial charge on any atom is -0.385 e. The van der Waals surface area contributed by atoms with E-state index in [-0.39, 0.29) is 19.1 Å². The fraction of sp³-hybridized carbons (Fsp3) is 0.387. The Balaban J connectivity index is 1.73. The highest BCUT2D eigenvalue weighted by Gasteiger charge is 2.44. The average Bonchev–Trinajstić information content (AvgIpc) is 2.96. The molecule has 2 atom stereocenters. The molecule has 6 nitrogen and oxygen atoms in total. The van der Waals surface area contributed by atoms with Crippen molar-refractivity contribution in [3.63, 3.8) is 0 Å². The Morgan fingerprint density at radius 3 is 2.69 bits per heavy atom. The molecule has 0 aliphatic carbocycles. The van der Waals surface area contributed by atoms with Crippen LogP contribution < -0.4 is 5.73 Å². The lowest BCUT2D eigenvalue weighted by atomic mass is 9.78. The molecule has 0 spiro atoms. The molecule has 1 amide bonds. The highest BCUT2D eigenvalue weighted by atomic mass is 35.5. The van der Waals surface area contributed by atoms with Crippen LogP contribution in [0.2, 0.25) is 5.02 Å². The minimum atomic E-state index is -1.55. The molecule has 3 N–H and O–H groups in total. The van der Waals surface area contributed by atoms with E-state index in [9.17, 15) is 9.90 Å². The summed E-state index contributed by atoms with van der Waals surface area (Å²) in [5.74, 6) is -0.580. The standard InChI is InChI=1S/C31H36ClFN2O4/c1-21-8-13-27(33)24(18-21)29-25(6-5-7-26(29)32)31(37,14-3-4-16-38-2)28-20-35(15-17-39-28)30(36)23-11-9-22(19-34)10-12-23/h5-13,18,28,37H,3-4,14-17,19-20,34H2,1-2H3. The Kier molecular flexibility index (Phi) is 9.75. The van der Waals surface area contributed by atoms with Gasteiger partial charge in [0.15, 0.2) is 0 Å². The first-order chi connectivity index (χ1) is 18.8. The van der Waals surface area contributed by atoms with Gasteiger partial charge < -0.3 is 25.2 Å². The Morgan fingerprint density at radius 1 is 1.21 bits per heavy atom. The number of halogens is 2. The summed E-state index contributed by atoms with van der Waals surface area (Å²) >= 11 is 6.69. The van der Waals surface area contributed by atoms with Crippen LogP contribution in [0.15, 0.2) is 60.7 Å². The van der Waals surface area contributed by atoms with Gasteiger partial charge in [-0.05, 0) is 67.6 Å². The topological polar surface area (TPSA) is 85.0 Å². The van der Waals surface area contributed by atoms with E-state index in [1.165, 1.54) is 6.07 Å². The molecule has 1 saturated heterocycles. The fourth-order valence-electron chi connectivity index (χ4n) is 5.19. The smallest absolute Gasteiger partial charge is 0.254 e. The molecular formula is C31H36ClFN2O4. The highest BCUT2D eigenvalue weighted by Crippen LogP contribution is 2.43. The van der Waals surface area contributed by atoms with Crippen LogP contribution in [-0.4, -0.2) is 55.4 Å². The first-order valence-corrected chi connectivity index (χ1v) is 13.6. The number of methoxy groups -OCH3 is 1. The van der Waals surface area contributed by atoms with Crippen LogP contribution in [0.4, 0.5) is 4.39 Å². The summed E-state index contributed by atoms with van der Waals surface area (Å²) in [4.78, 5) is 15.1. The van der Waals surface area contributed by atoms with Gasteiger partial charge in [-0.1, -0.05) is 47.5 Å². The van der Waals surface area contributed by atoms with Crippen LogP contribution in [0.1, 0.15) is 46.3 Å². The van der Waals surface area contributed by atoms with Crippen molar-refractivity contribution in [3.05, 3.63) is 93.8 Å². The molecule has 1 heterocycles. The zero-order valence-electron chi connectivity index (χ0n) is 22.5. The first kappa shape index (κ1) is 29.2. The summed E-state index contributed by atoms with van der Waals surface area (Å²) in [6.07, 6.45) is 0.901. The number of nitrogens with two attached hydrogens (primary N) is 1. The molecule has 1 aliphatic heterocycles. The summed E-state index contributed by atoms with van der Waals surface area (Å²) in [6, 6.07) is 17.3. The van der Waals surface area contributed by atoms with E-state index >= 15 is 4.39 Å². The Labute approximate surface area is 234 Å². The second kappa shape index (κ2) is 13.0. The molecule has 2 unspecified atom stereocenters. The molecule has 1 fully saturated rings. The van der Waals surface area contributed by atoms with E-state index in [2.05, 4.69) is 0 Å². The van der Waals surface area contributed by atoms with Crippen molar-refractivity contribution in [1.82, 2.24) is 4.90 Å². The Hall–Kier alpha value is -2.81. The molecule has 8 heteroatoms. The second-order valence-electron chi connectivity index (χ2n) is 10.0. The zero-order valence-corrected chi connectivity index (χ0v) is 23.2. The number of aliphatic hydroxyl groups is 1. The van der Waals surface area contributed by atoms with Crippen molar-refractivity contribution < 1.29 is 23.8 Å². The molecule has 3 aromatic carbocycles. The number of carbonyl (C=O) groups is 1. The number of carbonyl (C=O) groups excluding carboxylic acids is 1. The van der Waals surface area contributed by atoms with Crippen LogP contribution in [0.3, 0.4) is 0 Å². The van der Waals surface area contributed by atoms with Gasteiger partial charge in [-0.25, -0.2) is 4.39 Å². The Morgan fingerprint density at radius 2 is 1.97 bits per heavy atom. The number of hydrogen-bond acceptors (Lipinski definition) is 5. The molecule has 208 valence electrons. The molecule has 0 aromatic heterocycles. The van der Waals surface area contributed by atoms with E-state index in [1.54, 1.807) is 54.5 Å². The molecule has 0 radical (unpaired) electrons. The number of unbranched alkanes of at least 4 members (excludes halogenated alkanes) is 1. The summed E-state index contributed by atoms with van der Waals surface area (Å²) in [7, 11) is 1.63. The lowest BCUT2D eigenvalue weighted by molar-refractivity contribution is -0.146. The van der Waals surface area contributed by atoms with Gasteiger partial charge >= 0.3 is 0 Å². The highest BCUT2D eigenvalue weighted by molar-refractivity contribution is 6.33. The molecule has 0 saturated carbocycles. The van der Waals surface area contributed by atoms with Gasteiger partial charge in [0.25, 0.3) is 5.91 Å². The quantitative estimate of drug-likeness (QED) is 0.325. The van der Waals surface area contributed by atoms with Gasteiger partial charge in [-0.15, -0.1) is 0 Å². The predicted octanol–water partition coefficient (Wildman–Crippen LogP) is 5.46. The number of hydrogen-bond donors (Lipinski definition) is 2. The van der Waals surface area contributed by atoms with Crippen molar-refractivity contribution in [2.45, 2.75) is 44.4 Å². The number of benzene rings is 3. The first-order valence-electron chi connectivity index (χ1n) is 13.2. The van der Waals surface area contributed by atoms with Crippen molar-refractivity contribution >= 4 is 17.5 Å². The molecule has 4 rings (SSSR count). The van der Waals surface area contributed by atoms with E-state index in [4.69, 9.17) is 26.8 Å². The molecule has 1 aliphatic rings. The SMILES string of the molecule is COCCCCC(O)(c1cccc(Cl)c1-c1cc(C)ccc1F)C1CN(C(=O)c2ccc(CN)cc2)CCO1. The van der Waals surface area contributed by atoms with Crippen LogP contribution in [0, 0.1) is 12.7 Å². The maximum Gasteiger partial charge on any atom is 0.254 e. The summed E-state index contributed by atoms with van der Waals surface area (Å²) < 4.78 is 26.5. The number of rotatable bonds is 10.